The first kappa shape index (κ1) is 18.0. The minimum atomic E-state index is -0.349. The van der Waals surface area contributed by atoms with Crippen molar-refractivity contribution in [2.75, 3.05) is 16.8 Å². The number of hydrogen-bond donors (Lipinski definition) is 3. The molecule has 0 aliphatic rings. The van der Waals surface area contributed by atoms with Crippen molar-refractivity contribution < 1.29 is 4.79 Å². The molecule has 0 aliphatic carbocycles. The number of nitrogen functional groups attached to an aromatic ring is 1. The summed E-state index contributed by atoms with van der Waals surface area (Å²) in [4.78, 5) is 31.2. The molecule has 0 bridgehead atoms. The van der Waals surface area contributed by atoms with Crippen molar-refractivity contribution in [1.82, 2.24) is 9.97 Å². The SMILES string of the molecule is Nc1nc(SCC(=O)Nc2ccccc2Cl)[nH]c(=O)c1-c1ccccc1. The molecule has 0 atom stereocenters. The molecule has 0 fully saturated rings. The van der Waals surface area contributed by atoms with E-state index in [4.69, 9.17) is 17.3 Å². The highest BCUT2D eigenvalue weighted by molar-refractivity contribution is 7.99. The van der Waals surface area contributed by atoms with Crippen LogP contribution >= 0.6 is 23.4 Å². The molecule has 8 heteroatoms. The average Bonchev–Trinajstić information content (AvgIpc) is 2.62. The summed E-state index contributed by atoms with van der Waals surface area (Å²) in [5.74, 6) is -0.0939. The first-order valence-corrected chi connectivity index (χ1v) is 9.03. The third-order valence-electron chi connectivity index (χ3n) is 3.48. The second-order valence-corrected chi connectivity index (χ2v) is 6.69. The zero-order valence-electron chi connectivity index (χ0n) is 13.5. The third-order valence-corrected chi connectivity index (χ3v) is 4.68. The van der Waals surface area contributed by atoms with E-state index >= 15 is 0 Å². The molecule has 3 aromatic rings. The number of anilines is 2. The van der Waals surface area contributed by atoms with Gasteiger partial charge in [0.05, 0.1) is 22.0 Å². The second kappa shape index (κ2) is 8.07. The Morgan fingerprint density at radius 1 is 1.15 bits per heavy atom. The van der Waals surface area contributed by atoms with Gasteiger partial charge < -0.3 is 16.0 Å². The van der Waals surface area contributed by atoms with Gasteiger partial charge in [-0.25, -0.2) is 4.98 Å². The zero-order chi connectivity index (χ0) is 18.5. The van der Waals surface area contributed by atoms with Crippen molar-refractivity contribution in [3.8, 4) is 11.1 Å². The predicted molar refractivity (Wildman–Crippen MR) is 106 cm³/mol. The number of para-hydroxylation sites is 1. The van der Waals surface area contributed by atoms with Crippen molar-refractivity contribution in [3.05, 3.63) is 70.0 Å². The zero-order valence-corrected chi connectivity index (χ0v) is 15.1. The Bertz CT molecular complexity index is 992. The molecule has 0 radical (unpaired) electrons. The Kier molecular flexibility index (Phi) is 5.60. The van der Waals surface area contributed by atoms with E-state index in [2.05, 4.69) is 15.3 Å². The number of halogens is 1. The molecular weight excluding hydrogens is 372 g/mol. The van der Waals surface area contributed by atoms with Gasteiger partial charge in [0.2, 0.25) is 5.91 Å². The van der Waals surface area contributed by atoms with Gasteiger partial charge in [0.25, 0.3) is 5.56 Å². The smallest absolute Gasteiger partial charge is 0.261 e. The number of nitrogens with one attached hydrogen (secondary N) is 2. The lowest BCUT2D eigenvalue weighted by atomic mass is 10.1. The molecule has 1 amide bonds. The molecule has 1 heterocycles. The number of thioether (sulfide) groups is 1. The largest absolute Gasteiger partial charge is 0.383 e. The summed E-state index contributed by atoms with van der Waals surface area (Å²) in [5, 5.41) is 3.44. The predicted octanol–water partition coefficient (Wildman–Crippen LogP) is 3.40. The molecule has 4 N–H and O–H groups in total. The number of carbonyl (C=O) groups excluding carboxylic acids is 1. The molecule has 132 valence electrons. The number of hydrogen-bond acceptors (Lipinski definition) is 5. The van der Waals surface area contributed by atoms with Gasteiger partial charge in [-0.15, -0.1) is 0 Å². The number of rotatable bonds is 5. The molecule has 0 unspecified atom stereocenters. The molecule has 0 saturated carbocycles. The van der Waals surface area contributed by atoms with E-state index in [-0.39, 0.29) is 28.2 Å². The van der Waals surface area contributed by atoms with Crippen molar-refractivity contribution in [2.24, 2.45) is 0 Å². The molecule has 1 aromatic heterocycles. The molecule has 3 rings (SSSR count). The minimum Gasteiger partial charge on any atom is -0.383 e. The standard InChI is InChI=1S/C18H15ClN4O2S/c19-12-8-4-5-9-13(12)21-14(24)10-26-18-22-16(20)15(17(25)23-18)11-6-2-1-3-7-11/h1-9H,10H2,(H,21,24)(H3,20,22,23,25). The number of H-pyrrole nitrogens is 1. The van der Waals surface area contributed by atoms with Crippen LogP contribution in [-0.2, 0) is 4.79 Å². The maximum absolute atomic E-state index is 12.3. The van der Waals surface area contributed by atoms with E-state index in [0.29, 0.717) is 21.8 Å². The number of nitrogens with zero attached hydrogens (tertiary/aromatic N) is 1. The molecule has 26 heavy (non-hydrogen) atoms. The first-order chi connectivity index (χ1) is 12.5. The van der Waals surface area contributed by atoms with E-state index in [0.717, 1.165) is 11.8 Å². The Labute approximate surface area is 158 Å². The fourth-order valence-electron chi connectivity index (χ4n) is 2.30. The molecular formula is C18H15ClN4O2S. The third kappa shape index (κ3) is 4.25. The highest BCUT2D eigenvalue weighted by Crippen LogP contribution is 2.23. The summed E-state index contributed by atoms with van der Waals surface area (Å²) < 4.78 is 0. The highest BCUT2D eigenvalue weighted by Gasteiger charge is 2.13. The fourth-order valence-corrected chi connectivity index (χ4v) is 3.15. The lowest BCUT2D eigenvalue weighted by Gasteiger charge is -2.08. The quantitative estimate of drug-likeness (QED) is 0.461. The number of benzene rings is 2. The molecule has 6 nitrogen and oxygen atoms in total. The summed E-state index contributed by atoms with van der Waals surface area (Å²) in [5.41, 5.74) is 7.12. The monoisotopic (exact) mass is 386 g/mol. The van der Waals surface area contributed by atoms with Crippen LogP contribution in [0.2, 0.25) is 5.02 Å². The van der Waals surface area contributed by atoms with Gasteiger partial charge in [-0.1, -0.05) is 65.8 Å². The van der Waals surface area contributed by atoms with Crippen molar-refractivity contribution in [3.63, 3.8) is 0 Å². The van der Waals surface area contributed by atoms with Crippen LogP contribution < -0.4 is 16.6 Å². The van der Waals surface area contributed by atoms with E-state index in [9.17, 15) is 9.59 Å². The number of carbonyl (C=O) groups is 1. The fraction of sp³-hybridized carbons (Fsp3) is 0.0556. The van der Waals surface area contributed by atoms with E-state index < -0.39 is 0 Å². The summed E-state index contributed by atoms with van der Waals surface area (Å²) in [6.07, 6.45) is 0. The van der Waals surface area contributed by atoms with Crippen LogP contribution in [0.25, 0.3) is 11.1 Å². The lowest BCUT2D eigenvalue weighted by Crippen LogP contribution is -2.17. The topological polar surface area (TPSA) is 101 Å². The summed E-state index contributed by atoms with van der Waals surface area (Å²) in [6, 6.07) is 16.0. The number of amides is 1. The van der Waals surface area contributed by atoms with Gasteiger partial charge in [-0.2, -0.15) is 0 Å². The Balaban J connectivity index is 1.70. The highest BCUT2D eigenvalue weighted by atomic mass is 35.5. The number of nitrogens with two attached hydrogens (primary N) is 1. The van der Waals surface area contributed by atoms with E-state index in [1.807, 2.05) is 18.2 Å². The van der Waals surface area contributed by atoms with Gasteiger partial charge in [-0.05, 0) is 17.7 Å². The Hall–Kier alpha value is -2.77. The van der Waals surface area contributed by atoms with Crippen LogP contribution in [-0.4, -0.2) is 21.6 Å². The minimum absolute atomic E-state index is 0.0539. The van der Waals surface area contributed by atoms with Gasteiger partial charge in [0, 0.05) is 0 Å². The first-order valence-electron chi connectivity index (χ1n) is 7.67. The van der Waals surface area contributed by atoms with Crippen LogP contribution in [0.3, 0.4) is 0 Å². The summed E-state index contributed by atoms with van der Waals surface area (Å²) in [7, 11) is 0. The molecule has 2 aromatic carbocycles. The van der Waals surface area contributed by atoms with Crippen LogP contribution in [0, 0.1) is 0 Å². The average molecular weight is 387 g/mol. The van der Waals surface area contributed by atoms with Crippen LogP contribution in [0.1, 0.15) is 0 Å². The van der Waals surface area contributed by atoms with Crippen LogP contribution in [0.5, 0.6) is 0 Å². The number of aromatic nitrogens is 2. The van der Waals surface area contributed by atoms with Gasteiger partial charge in [0.15, 0.2) is 5.16 Å². The Morgan fingerprint density at radius 3 is 2.54 bits per heavy atom. The van der Waals surface area contributed by atoms with Crippen LogP contribution in [0.15, 0.2) is 64.5 Å². The van der Waals surface area contributed by atoms with Crippen LogP contribution in [0.4, 0.5) is 11.5 Å². The molecule has 0 saturated heterocycles. The van der Waals surface area contributed by atoms with Crippen molar-refractivity contribution in [2.45, 2.75) is 5.16 Å². The summed E-state index contributed by atoms with van der Waals surface area (Å²) in [6.45, 7) is 0. The molecule has 0 aliphatic heterocycles. The number of aromatic amines is 1. The maximum atomic E-state index is 12.3. The van der Waals surface area contributed by atoms with Gasteiger partial charge in [0.1, 0.15) is 5.82 Å². The van der Waals surface area contributed by atoms with Crippen molar-refractivity contribution >= 4 is 40.8 Å². The van der Waals surface area contributed by atoms with E-state index in [1.54, 1.807) is 36.4 Å². The second-order valence-electron chi connectivity index (χ2n) is 5.31. The maximum Gasteiger partial charge on any atom is 0.261 e. The van der Waals surface area contributed by atoms with Gasteiger partial charge >= 0.3 is 0 Å². The normalized spacial score (nSPS) is 10.5. The van der Waals surface area contributed by atoms with Gasteiger partial charge in [-0.3, -0.25) is 9.59 Å². The molecule has 0 spiro atoms. The van der Waals surface area contributed by atoms with E-state index in [1.165, 1.54) is 0 Å². The summed E-state index contributed by atoms with van der Waals surface area (Å²) >= 11 is 7.09. The lowest BCUT2D eigenvalue weighted by molar-refractivity contribution is -0.113. The van der Waals surface area contributed by atoms with Crippen molar-refractivity contribution in [1.29, 1.82) is 0 Å². The Morgan fingerprint density at radius 2 is 1.85 bits per heavy atom.